The molecule has 1 amide bonds. The van der Waals surface area contributed by atoms with Gasteiger partial charge in [-0.2, -0.15) is 4.31 Å². The molecule has 4 rings (SSSR count). The minimum Gasteiger partial charge on any atom is -0.337 e. The van der Waals surface area contributed by atoms with Crippen LogP contribution in [0.15, 0.2) is 77.0 Å². The first kappa shape index (κ1) is 23.7. The average molecular weight is 483 g/mol. The number of aryl methyl sites for hydroxylation is 1. The highest BCUT2D eigenvalue weighted by Crippen LogP contribution is 2.22. The van der Waals surface area contributed by atoms with Crippen LogP contribution in [0.2, 0.25) is 0 Å². The third-order valence-corrected chi connectivity index (χ3v) is 8.82. The number of thiophene rings is 1. The van der Waals surface area contributed by atoms with Gasteiger partial charge in [0.1, 0.15) is 0 Å². The van der Waals surface area contributed by atoms with Gasteiger partial charge in [0.05, 0.1) is 11.4 Å². The van der Waals surface area contributed by atoms with Crippen molar-refractivity contribution in [1.29, 1.82) is 0 Å². The molecule has 0 aliphatic carbocycles. The summed E-state index contributed by atoms with van der Waals surface area (Å²) in [5.41, 5.74) is 2.19. The van der Waals surface area contributed by atoms with Gasteiger partial charge in [-0.1, -0.05) is 48.5 Å². The van der Waals surface area contributed by atoms with Gasteiger partial charge in [-0.15, -0.1) is 11.3 Å². The van der Waals surface area contributed by atoms with Crippen LogP contribution < -0.4 is 0 Å². The van der Waals surface area contributed by atoms with E-state index in [4.69, 9.17) is 0 Å². The second-order valence-electron chi connectivity index (χ2n) is 8.39. The zero-order chi connectivity index (χ0) is 23.1. The van der Waals surface area contributed by atoms with Crippen LogP contribution in [0.3, 0.4) is 0 Å². The fourth-order valence-corrected chi connectivity index (χ4v) is 6.34. The maximum atomic E-state index is 13.1. The summed E-state index contributed by atoms with van der Waals surface area (Å²) < 4.78 is 27.0. The Hall–Kier alpha value is -2.48. The van der Waals surface area contributed by atoms with E-state index in [0.717, 1.165) is 24.8 Å². The van der Waals surface area contributed by atoms with E-state index in [0.29, 0.717) is 43.9 Å². The smallest absolute Gasteiger partial charge is 0.243 e. The zero-order valence-corrected chi connectivity index (χ0v) is 20.4. The van der Waals surface area contributed by atoms with Gasteiger partial charge in [0, 0.05) is 30.9 Å². The fourth-order valence-electron chi connectivity index (χ4n) is 4.11. The lowest BCUT2D eigenvalue weighted by atomic mass is 10.1. The minimum absolute atomic E-state index is 0.119. The van der Waals surface area contributed by atoms with Crippen LogP contribution in [0, 0.1) is 0 Å². The molecule has 2 aromatic carbocycles. The van der Waals surface area contributed by atoms with E-state index in [9.17, 15) is 13.2 Å². The molecule has 0 spiro atoms. The van der Waals surface area contributed by atoms with Crippen molar-refractivity contribution in [3.05, 3.63) is 88.1 Å². The van der Waals surface area contributed by atoms with Crippen molar-refractivity contribution >= 4 is 27.3 Å². The van der Waals surface area contributed by atoms with Crippen molar-refractivity contribution < 1.29 is 13.2 Å². The van der Waals surface area contributed by atoms with Crippen LogP contribution >= 0.6 is 11.3 Å². The number of hydrogen-bond donors (Lipinski definition) is 0. The predicted molar refractivity (Wildman–Crippen MR) is 133 cm³/mol. The second-order valence-corrected chi connectivity index (χ2v) is 11.4. The van der Waals surface area contributed by atoms with Gasteiger partial charge in [-0.3, -0.25) is 4.79 Å². The molecule has 1 aromatic heterocycles. The SMILES string of the molecule is O=C(CCc1ccc(S(=O)(=O)N2CCCC2)cc1)N(CCc1ccccc1)Cc1cccs1. The second kappa shape index (κ2) is 11.1. The Bertz CT molecular complexity index is 1120. The van der Waals surface area contributed by atoms with Gasteiger partial charge in [-0.25, -0.2) is 8.42 Å². The summed E-state index contributed by atoms with van der Waals surface area (Å²) in [6, 6.07) is 21.3. The van der Waals surface area contributed by atoms with Crippen molar-refractivity contribution in [3.63, 3.8) is 0 Å². The van der Waals surface area contributed by atoms with E-state index in [1.807, 2.05) is 46.7 Å². The first-order valence-corrected chi connectivity index (χ1v) is 13.8. The van der Waals surface area contributed by atoms with Gasteiger partial charge in [0.15, 0.2) is 0 Å². The highest BCUT2D eigenvalue weighted by molar-refractivity contribution is 7.89. The molecule has 1 fully saturated rings. The predicted octanol–water partition coefficient (Wildman–Crippen LogP) is 4.74. The number of carbonyl (C=O) groups excluding carboxylic acids is 1. The lowest BCUT2D eigenvalue weighted by molar-refractivity contribution is -0.131. The molecule has 0 atom stereocenters. The van der Waals surface area contributed by atoms with Crippen LogP contribution in [0.5, 0.6) is 0 Å². The van der Waals surface area contributed by atoms with Gasteiger partial charge in [-0.05, 0) is 60.4 Å². The molecule has 0 saturated carbocycles. The fraction of sp³-hybridized carbons (Fsp3) is 0.346. The van der Waals surface area contributed by atoms with Crippen molar-refractivity contribution in [1.82, 2.24) is 9.21 Å². The quantitative estimate of drug-likeness (QED) is 0.420. The number of carbonyl (C=O) groups is 1. The van der Waals surface area contributed by atoms with Gasteiger partial charge in [0.2, 0.25) is 15.9 Å². The van der Waals surface area contributed by atoms with Crippen molar-refractivity contribution in [2.45, 2.75) is 43.5 Å². The topological polar surface area (TPSA) is 57.7 Å². The molecular weight excluding hydrogens is 452 g/mol. The van der Waals surface area contributed by atoms with E-state index >= 15 is 0 Å². The zero-order valence-electron chi connectivity index (χ0n) is 18.7. The molecule has 174 valence electrons. The van der Waals surface area contributed by atoms with Crippen molar-refractivity contribution in [2.75, 3.05) is 19.6 Å². The molecule has 2 heterocycles. The molecule has 0 radical (unpaired) electrons. The summed E-state index contributed by atoms with van der Waals surface area (Å²) >= 11 is 1.66. The molecule has 0 unspecified atom stereocenters. The molecule has 1 aliphatic rings. The van der Waals surface area contributed by atoms with Crippen LogP contribution in [0.4, 0.5) is 0 Å². The van der Waals surface area contributed by atoms with Crippen LogP contribution in [-0.2, 0) is 34.2 Å². The lowest BCUT2D eigenvalue weighted by Crippen LogP contribution is -2.32. The number of sulfonamides is 1. The summed E-state index contributed by atoms with van der Waals surface area (Å²) in [4.78, 5) is 16.5. The monoisotopic (exact) mass is 482 g/mol. The number of nitrogens with zero attached hydrogens (tertiary/aromatic N) is 2. The van der Waals surface area contributed by atoms with E-state index in [1.165, 1.54) is 10.4 Å². The van der Waals surface area contributed by atoms with E-state index < -0.39 is 10.0 Å². The third-order valence-electron chi connectivity index (χ3n) is 6.05. The largest absolute Gasteiger partial charge is 0.337 e. The Labute approximate surface area is 200 Å². The molecule has 0 N–H and O–H groups in total. The van der Waals surface area contributed by atoms with Crippen molar-refractivity contribution in [3.8, 4) is 0 Å². The Balaban J connectivity index is 1.36. The number of benzene rings is 2. The molecule has 0 bridgehead atoms. The van der Waals surface area contributed by atoms with E-state index in [2.05, 4.69) is 18.2 Å². The summed E-state index contributed by atoms with van der Waals surface area (Å²) in [7, 11) is -3.40. The third kappa shape index (κ3) is 6.31. The first-order valence-electron chi connectivity index (χ1n) is 11.5. The van der Waals surface area contributed by atoms with Gasteiger partial charge in [0.25, 0.3) is 0 Å². The summed E-state index contributed by atoms with van der Waals surface area (Å²) in [5, 5.41) is 2.03. The Kier molecular flexibility index (Phi) is 7.96. The Morgan fingerprint density at radius 3 is 2.24 bits per heavy atom. The molecule has 5 nitrogen and oxygen atoms in total. The molecule has 33 heavy (non-hydrogen) atoms. The van der Waals surface area contributed by atoms with Crippen molar-refractivity contribution in [2.24, 2.45) is 0 Å². The maximum absolute atomic E-state index is 13.1. The molecule has 1 aliphatic heterocycles. The first-order chi connectivity index (χ1) is 16.0. The molecular formula is C26H30N2O3S2. The summed E-state index contributed by atoms with van der Waals surface area (Å²) in [5.74, 6) is 0.119. The summed E-state index contributed by atoms with van der Waals surface area (Å²) in [6.07, 6.45) is 3.66. The van der Waals surface area contributed by atoms with E-state index in [1.54, 1.807) is 27.8 Å². The number of hydrogen-bond acceptors (Lipinski definition) is 4. The standard InChI is InChI=1S/C26H30N2O3S2/c29-26(27(21-24-9-6-20-32-24)19-16-22-7-2-1-3-8-22)15-12-23-10-13-25(14-11-23)33(30,31)28-17-4-5-18-28/h1-3,6-11,13-14,20H,4-5,12,15-19,21H2. The van der Waals surface area contributed by atoms with Gasteiger partial charge < -0.3 is 4.90 Å². The Morgan fingerprint density at radius 2 is 1.58 bits per heavy atom. The highest BCUT2D eigenvalue weighted by Gasteiger charge is 2.27. The van der Waals surface area contributed by atoms with Gasteiger partial charge >= 0.3 is 0 Å². The van der Waals surface area contributed by atoms with Crippen LogP contribution in [0.25, 0.3) is 0 Å². The van der Waals surface area contributed by atoms with Crippen LogP contribution in [0.1, 0.15) is 35.3 Å². The minimum atomic E-state index is -3.40. The normalized spacial score (nSPS) is 14.4. The Morgan fingerprint density at radius 1 is 0.879 bits per heavy atom. The molecule has 7 heteroatoms. The number of amides is 1. The van der Waals surface area contributed by atoms with E-state index in [-0.39, 0.29) is 5.91 Å². The van der Waals surface area contributed by atoms with Crippen LogP contribution in [-0.4, -0.2) is 43.2 Å². The summed E-state index contributed by atoms with van der Waals surface area (Å²) in [6.45, 7) is 2.49. The molecule has 3 aromatic rings. The highest BCUT2D eigenvalue weighted by atomic mass is 32.2. The molecule has 1 saturated heterocycles. The number of rotatable bonds is 10. The maximum Gasteiger partial charge on any atom is 0.243 e. The lowest BCUT2D eigenvalue weighted by Gasteiger charge is -2.22. The average Bonchev–Trinajstić information content (AvgIpc) is 3.56.